The highest BCUT2D eigenvalue weighted by Gasteiger charge is 2.22. The summed E-state index contributed by atoms with van der Waals surface area (Å²) in [5.41, 5.74) is 2.61. The molecule has 5 nitrogen and oxygen atoms in total. The third-order valence-corrected chi connectivity index (χ3v) is 6.01. The summed E-state index contributed by atoms with van der Waals surface area (Å²) in [6.07, 6.45) is 8.23. The van der Waals surface area contributed by atoms with Crippen LogP contribution in [-0.2, 0) is 0 Å². The van der Waals surface area contributed by atoms with Gasteiger partial charge in [-0.05, 0) is 43.2 Å². The van der Waals surface area contributed by atoms with Gasteiger partial charge in [0.15, 0.2) is 5.78 Å². The predicted octanol–water partition coefficient (Wildman–Crippen LogP) is 6.59. The number of ether oxygens (including phenoxy) is 1. The average molecular weight is 432 g/mol. The van der Waals surface area contributed by atoms with Gasteiger partial charge in [-0.3, -0.25) is 4.79 Å². The van der Waals surface area contributed by atoms with Crippen molar-refractivity contribution in [2.45, 2.75) is 31.7 Å². The fourth-order valence-electron chi connectivity index (χ4n) is 4.16. The van der Waals surface area contributed by atoms with E-state index in [9.17, 15) is 4.79 Å². The molecule has 0 aliphatic heterocycles. The highest BCUT2D eigenvalue weighted by atomic mass is 35.5. The van der Waals surface area contributed by atoms with Crippen LogP contribution in [0.15, 0.2) is 67.0 Å². The van der Waals surface area contributed by atoms with E-state index in [1.54, 1.807) is 30.6 Å². The Labute approximate surface area is 185 Å². The first-order chi connectivity index (χ1) is 15.2. The number of H-pyrrole nitrogens is 1. The Hall–Kier alpha value is -3.31. The minimum Gasteiger partial charge on any atom is -0.457 e. The molecule has 0 saturated heterocycles. The van der Waals surface area contributed by atoms with Gasteiger partial charge in [0.05, 0.1) is 16.0 Å². The van der Waals surface area contributed by atoms with E-state index >= 15 is 0 Å². The summed E-state index contributed by atoms with van der Waals surface area (Å²) in [4.78, 5) is 20.9. The van der Waals surface area contributed by atoms with Gasteiger partial charge in [-0.2, -0.15) is 0 Å². The molecule has 2 heterocycles. The van der Waals surface area contributed by atoms with Crippen molar-refractivity contribution in [2.75, 3.05) is 5.32 Å². The van der Waals surface area contributed by atoms with Crippen LogP contribution in [-0.4, -0.2) is 21.8 Å². The summed E-state index contributed by atoms with van der Waals surface area (Å²) >= 11 is 6.49. The maximum atomic E-state index is 13.4. The number of ketones is 1. The van der Waals surface area contributed by atoms with Gasteiger partial charge < -0.3 is 15.0 Å². The first-order valence-electron chi connectivity index (χ1n) is 10.5. The molecule has 0 amide bonds. The van der Waals surface area contributed by atoms with Crippen LogP contribution in [0.2, 0.25) is 5.02 Å². The zero-order chi connectivity index (χ0) is 21.2. The van der Waals surface area contributed by atoms with Crippen molar-refractivity contribution in [3.63, 3.8) is 0 Å². The van der Waals surface area contributed by atoms with E-state index in [-0.39, 0.29) is 5.78 Å². The molecule has 2 aromatic heterocycles. The number of carbonyl (C=O) groups is 1. The van der Waals surface area contributed by atoms with Crippen LogP contribution in [0.5, 0.6) is 11.5 Å². The predicted molar refractivity (Wildman–Crippen MR) is 123 cm³/mol. The lowest BCUT2D eigenvalue weighted by Crippen LogP contribution is -2.15. The van der Waals surface area contributed by atoms with Crippen molar-refractivity contribution in [3.05, 3.63) is 83.1 Å². The molecular weight excluding hydrogens is 410 g/mol. The van der Waals surface area contributed by atoms with E-state index in [0.717, 1.165) is 23.9 Å². The second-order valence-corrected chi connectivity index (χ2v) is 8.20. The van der Waals surface area contributed by atoms with Gasteiger partial charge in [-0.15, -0.1) is 0 Å². The third kappa shape index (κ3) is 4.01. The molecule has 0 radical (unpaired) electrons. The Bertz CT molecular complexity index is 1230. The summed E-state index contributed by atoms with van der Waals surface area (Å²) in [6.45, 7) is 0. The molecule has 6 heteroatoms. The summed E-state index contributed by atoms with van der Waals surface area (Å²) in [7, 11) is 0. The lowest BCUT2D eigenvalue weighted by atomic mass is 10.0. The highest BCUT2D eigenvalue weighted by molar-refractivity contribution is 6.35. The van der Waals surface area contributed by atoms with Gasteiger partial charge in [-0.1, -0.05) is 42.6 Å². The Morgan fingerprint density at radius 3 is 2.61 bits per heavy atom. The smallest absolute Gasteiger partial charge is 0.196 e. The number of nitrogens with zero attached hydrogens (tertiary/aromatic N) is 1. The minimum absolute atomic E-state index is 0.148. The van der Waals surface area contributed by atoms with Crippen molar-refractivity contribution in [3.8, 4) is 11.5 Å². The van der Waals surface area contributed by atoms with Gasteiger partial charge in [0, 0.05) is 35.8 Å². The quantitative estimate of drug-likeness (QED) is 0.338. The van der Waals surface area contributed by atoms with E-state index in [4.69, 9.17) is 16.3 Å². The number of aromatic nitrogens is 2. The largest absolute Gasteiger partial charge is 0.457 e. The summed E-state index contributed by atoms with van der Waals surface area (Å²) < 4.78 is 5.83. The topological polar surface area (TPSA) is 67.0 Å². The second kappa shape index (κ2) is 8.44. The Morgan fingerprint density at radius 2 is 1.84 bits per heavy atom. The SMILES string of the molecule is O=C(c1ccc(Oc2ccccc2)cc1Cl)c1c[nH]c2nccc(NC3CCCC3)c12. The minimum atomic E-state index is -0.148. The Morgan fingerprint density at radius 1 is 1.03 bits per heavy atom. The first kappa shape index (κ1) is 19.6. The van der Waals surface area contributed by atoms with Crippen molar-refractivity contribution >= 4 is 34.1 Å². The van der Waals surface area contributed by atoms with Gasteiger partial charge >= 0.3 is 0 Å². The second-order valence-electron chi connectivity index (χ2n) is 7.80. The molecule has 5 rings (SSSR count). The number of rotatable bonds is 6. The van der Waals surface area contributed by atoms with Crippen molar-refractivity contribution in [2.24, 2.45) is 0 Å². The fourth-order valence-corrected chi connectivity index (χ4v) is 4.42. The van der Waals surface area contributed by atoms with Gasteiger partial charge in [0.25, 0.3) is 0 Å². The van der Waals surface area contributed by atoms with Crippen molar-refractivity contribution in [1.82, 2.24) is 9.97 Å². The number of hydrogen-bond acceptors (Lipinski definition) is 4. The number of fused-ring (bicyclic) bond motifs is 1. The molecule has 2 aromatic carbocycles. The highest BCUT2D eigenvalue weighted by Crippen LogP contribution is 2.33. The van der Waals surface area contributed by atoms with E-state index in [2.05, 4.69) is 15.3 Å². The molecular formula is C25H22ClN3O2. The summed E-state index contributed by atoms with van der Waals surface area (Å²) in [5, 5.41) is 4.76. The molecule has 1 aliphatic carbocycles. The number of anilines is 1. The zero-order valence-corrected chi connectivity index (χ0v) is 17.7. The summed E-state index contributed by atoms with van der Waals surface area (Å²) in [6, 6.07) is 17.0. The Kier molecular flexibility index (Phi) is 5.35. The third-order valence-electron chi connectivity index (χ3n) is 5.70. The molecule has 0 atom stereocenters. The van der Waals surface area contributed by atoms with Crippen LogP contribution in [0.25, 0.3) is 11.0 Å². The number of hydrogen-bond donors (Lipinski definition) is 2. The zero-order valence-electron chi connectivity index (χ0n) is 16.9. The molecule has 156 valence electrons. The lowest BCUT2D eigenvalue weighted by Gasteiger charge is -2.15. The number of carbonyl (C=O) groups excluding carboxylic acids is 1. The molecule has 0 spiro atoms. The van der Waals surface area contributed by atoms with Gasteiger partial charge in [-0.25, -0.2) is 4.98 Å². The number of benzene rings is 2. The first-order valence-corrected chi connectivity index (χ1v) is 10.9. The maximum absolute atomic E-state index is 13.4. The van der Waals surface area contributed by atoms with E-state index < -0.39 is 0 Å². The number of aromatic amines is 1. The van der Waals surface area contributed by atoms with Gasteiger partial charge in [0.2, 0.25) is 0 Å². The van der Waals surface area contributed by atoms with Gasteiger partial charge in [0.1, 0.15) is 17.1 Å². The van der Waals surface area contributed by atoms with Crippen LogP contribution in [0.1, 0.15) is 41.6 Å². The molecule has 2 N–H and O–H groups in total. The van der Waals surface area contributed by atoms with E-state index in [0.29, 0.717) is 39.3 Å². The molecule has 1 fully saturated rings. The van der Waals surface area contributed by atoms with E-state index in [1.165, 1.54) is 12.8 Å². The monoisotopic (exact) mass is 431 g/mol. The number of pyridine rings is 1. The van der Waals surface area contributed by atoms with Crippen LogP contribution in [0.3, 0.4) is 0 Å². The molecule has 0 unspecified atom stereocenters. The molecule has 1 saturated carbocycles. The number of para-hydroxylation sites is 1. The summed E-state index contributed by atoms with van der Waals surface area (Å²) in [5.74, 6) is 1.14. The molecule has 31 heavy (non-hydrogen) atoms. The number of nitrogens with one attached hydrogen (secondary N) is 2. The normalized spacial score (nSPS) is 14.1. The maximum Gasteiger partial charge on any atom is 0.196 e. The molecule has 4 aromatic rings. The van der Waals surface area contributed by atoms with Crippen LogP contribution >= 0.6 is 11.6 Å². The lowest BCUT2D eigenvalue weighted by molar-refractivity contribution is 0.104. The fraction of sp³-hybridized carbons (Fsp3) is 0.200. The van der Waals surface area contributed by atoms with E-state index in [1.807, 2.05) is 36.4 Å². The Balaban J connectivity index is 1.46. The number of halogens is 1. The molecule has 1 aliphatic rings. The average Bonchev–Trinajstić information content (AvgIpc) is 3.44. The van der Waals surface area contributed by atoms with Crippen molar-refractivity contribution < 1.29 is 9.53 Å². The standard InChI is InChI=1S/C25H22ClN3O2/c26-21-14-18(31-17-8-2-1-3-9-17)10-11-19(21)24(30)20-15-28-25-23(20)22(12-13-27-25)29-16-6-4-5-7-16/h1-3,8-16H,4-7H2,(H2,27,28,29). The molecule has 0 bridgehead atoms. The van der Waals surface area contributed by atoms with Crippen LogP contribution < -0.4 is 10.1 Å². The van der Waals surface area contributed by atoms with Crippen LogP contribution in [0, 0.1) is 0 Å². The van der Waals surface area contributed by atoms with Crippen molar-refractivity contribution in [1.29, 1.82) is 0 Å². The van der Waals surface area contributed by atoms with Crippen LogP contribution in [0.4, 0.5) is 5.69 Å².